The molecule has 7 heteroatoms. The van der Waals surface area contributed by atoms with Gasteiger partial charge in [-0.1, -0.05) is 41.4 Å². The van der Waals surface area contributed by atoms with Crippen LogP contribution in [0.5, 0.6) is 0 Å². The van der Waals surface area contributed by atoms with E-state index in [0.717, 1.165) is 0 Å². The number of nitrogens with one attached hydrogen (secondary N) is 1. The molecular formula is C16H15Cl2NO3S. The third-order valence-electron chi connectivity index (χ3n) is 3.31. The number of hydrogen-bond donors (Lipinski definition) is 1. The number of benzene rings is 2. The largest absolute Gasteiger partial charge is 0.295 e. The second kappa shape index (κ2) is 7.01. The fourth-order valence-corrected chi connectivity index (χ4v) is 3.94. The van der Waals surface area contributed by atoms with Gasteiger partial charge in [-0.2, -0.15) is 0 Å². The Kier molecular flexibility index (Phi) is 5.47. The summed E-state index contributed by atoms with van der Waals surface area (Å²) in [6.45, 7) is 3.07. The number of Topliss-reactive ketones (excluding diaryl/α,β-unsaturated/α-hetero) is 1. The molecule has 2 rings (SSSR count). The Labute approximate surface area is 145 Å². The Bertz CT molecular complexity index is 850. The van der Waals surface area contributed by atoms with E-state index in [-0.39, 0.29) is 10.7 Å². The normalized spacial score (nSPS) is 12.9. The molecule has 23 heavy (non-hydrogen) atoms. The topological polar surface area (TPSA) is 63.2 Å². The van der Waals surface area contributed by atoms with Crippen molar-refractivity contribution in [3.63, 3.8) is 0 Å². The van der Waals surface area contributed by atoms with E-state index in [9.17, 15) is 13.2 Å². The van der Waals surface area contributed by atoms with Crippen molar-refractivity contribution in [2.24, 2.45) is 0 Å². The van der Waals surface area contributed by atoms with Crippen LogP contribution in [0, 0.1) is 0 Å². The summed E-state index contributed by atoms with van der Waals surface area (Å²) in [6, 6.07) is 10.2. The van der Waals surface area contributed by atoms with E-state index in [2.05, 4.69) is 4.72 Å². The van der Waals surface area contributed by atoms with Crippen LogP contribution >= 0.6 is 23.2 Å². The standard InChI is InChI=1S/C16H15Cl2NO3S/c1-10(15-7-6-13(17)9-16(15)18)19-23(21,22)14-5-3-4-12(8-14)11(2)20/h3-10,19H,1-2H3/t10-/m1/s1. The average Bonchev–Trinajstić information content (AvgIpc) is 2.46. The smallest absolute Gasteiger partial charge is 0.241 e. The lowest BCUT2D eigenvalue weighted by atomic mass is 10.1. The molecule has 0 bridgehead atoms. The van der Waals surface area contributed by atoms with Gasteiger partial charge < -0.3 is 0 Å². The number of carbonyl (C=O) groups is 1. The Morgan fingerprint density at radius 3 is 2.43 bits per heavy atom. The van der Waals surface area contributed by atoms with E-state index >= 15 is 0 Å². The Morgan fingerprint density at radius 1 is 1.13 bits per heavy atom. The SMILES string of the molecule is CC(=O)c1cccc(S(=O)(=O)N[C@H](C)c2ccc(Cl)cc2Cl)c1. The summed E-state index contributed by atoms with van der Waals surface area (Å²) < 4.78 is 27.5. The number of hydrogen-bond acceptors (Lipinski definition) is 3. The van der Waals surface area contributed by atoms with Gasteiger partial charge in [-0.15, -0.1) is 0 Å². The lowest BCUT2D eigenvalue weighted by Crippen LogP contribution is -2.27. The maximum absolute atomic E-state index is 12.5. The first-order valence-corrected chi connectivity index (χ1v) is 9.03. The molecule has 1 atom stereocenters. The molecule has 2 aromatic rings. The average molecular weight is 372 g/mol. The number of sulfonamides is 1. The Hall–Kier alpha value is -1.40. The molecule has 0 radical (unpaired) electrons. The predicted octanol–water partition coefficient (Wildman–Crippen LogP) is 4.24. The first-order chi connectivity index (χ1) is 10.7. The number of rotatable bonds is 5. The highest BCUT2D eigenvalue weighted by molar-refractivity contribution is 7.89. The zero-order chi connectivity index (χ0) is 17.2. The van der Waals surface area contributed by atoms with Gasteiger partial charge in [0.2, 0.25) is 10.0 Å². The summed E-state index contributed by atoms with van der Waals surface area (Å²) in [5.41, 5.74) is 0.951. The maximum atomic E-state index is 12.5. The fraction of sp³-hybridized carbons (Fsp3) is 0.188. The number of carbonyl (C=O) groups excluding carboxylic acids is 1. The van der Waals surface area contributed by atoms with Crippen LogP contribution in [-0.4, -0.2) is 14.2 Å². The molecule has 0 spiro atoms. The second-order valence-corrected chi connectivity index (χ2v) is 7.65. The molecule has 0 heterocycles. The zero-order valence-electron chi connectivity index (χ0n) is 12.5. The van der Waals surface area contributed by atoms with Gasteiger partial charge in [0.05, 0.1) is 4.90 Å². The van der Waals surface area contributed by atoms with E-state index in [4.69, 9.17) is 23.2 Å². The van der Waals surface area contributed by atoms with Gasteiger partial charge in [-0.25, -0.2) is 13.1 Å². The van der Waals surface area contributed by atoms with Crippen LogP contribution in [0.1, 0.15) is 35.8 Å². The summed E-state index contributed by atoms with van der Waals surface area (Å²) in [5.74, 6) is -0.198. The molecule has 2 aromatic carbocycles. The molecule has 0 unspecified atom stereocenters. The minimum atomic E-state index is -3.78. The van der Waals surface area contributed by atoms with Crippen molar-refractivity contribution >= 4 is 39.0 Å². The van der Waals surface area contributed by atoms with Crippen LogP contribution in [0.15, 0.2) is 47.4 Å². The van der Waals surface area contributed by atoms with Crippen LogP contribution in [0.2, 0.25) is 10.0 Å². The van der Waals surface area contributed by atoms with Crippen LogP contribution in [0.4, 0.5) is 0 Å². The highest BCUT2D eigenvalue weighted by Crippen LogP contribution is 2.27. The van der Waals surface area contributed by atoms with Crippen LogP contribution in [0.3, 0.4) is 0 Å². The number of ketones is 1. The van der Waals surface area contributed by atoms with Crippen molar-refractivity contribution in [2.45, 2.75) is 24.8 Å². The van der Waals surface area contributed by atoms with Crippen molar-refractivity contribution in [3.05, 3.63) is 63.6 Å². The molecule has 0 saturated heterocycles. The quantitative estimate of drug-likeness (QED) is 0.799. The van der Waals surface area contributed by atoms with Gasteiger partial charge in [0.1, 0.15) is 0 Å². The van der Waals surface area contributed by atoms with Gasteiger partial charge >= 0.3 is 0 Å². The van der Waals surface area contributed by atoms with Gasteiger partial charge in [0.15, 0.2) is 5.78 Å². The molecule has 4 nitrogen and oxygen atoms in total. The van der Waals surface area contributed by atoms with Crippen LogP contribution < -0.4 is 4.72 Å². The second-order valence-electron chi connectivity index (χ2n) is 5.09. The van der Waals surface area contributed by atoms with Crippen molar-refractivity contribution in [3.8, 4) is 0 Å². The highest BCUT2D eigenvalue weighted by Gasteiger charge is 2.20. The summed E-state index contributed by atoms with van der Waals surface area (Å²) in [5, 5.41) is 0.855. The van der Waals surface area contributed by atoms with E-state index in [1.807, 2.05) is 0 Å². The van der Waals surface area contributed by atoms with Crippen molar-refractivity contribution in [1.82, 2.24) is 4.72 Å². The molecule has 0 aliphatic heterocycles. The molecule has 0 saturated carbocycles. The minimum Gasteiger partial charge on any atom is -0.295 e. The third-order valence-corrected chi connectivity index (χ3v) is 5.41. The van der Waals surface area contributed by atoms with Crippen molar-refractivity contribution in [2.75, 3.05) is 0 Å². The molecule has 0 aliphatic carbocycles. The molecule has 0 aromatic heterocycles. The van der Waals surface area contributed by atoms with Gasteiger partial charge in [0.25, 0.3) is 0 Å². The van der Waals surface area contributed by atoms with Gasteiger partial charge in [-0.05, 0) is 43.7 Å². The zero-order valence-corrected chi connectivity index (χ0v) is 14.8. The summed E-state index contributed by atoms with van der Waals surface area (Å²) in [6.07, 6.45) is 0. The maximum Gasteiger partial charge on any atom is 0.241 e. The first-order valence-electron chi connectivity index (χ1n) is 6.79. The molecule has 1 N–H and O–H groups in total. The fourth-order valence-electron chi connectivity index (χ4n) is 2.10. The molecule has 122 valence electrons. The molecule has 0 amide bonds. The molecule has 0 aliphatic rings. The third kappa shape index (κ3) is 4.32. The van der Waals surface area contributed by atoms with Gasteiger partial charge in [-0.3, -0.25) is 4.79 Å². The van der Waals surface area contributed by atoms with E-state index in [1.165, 1.54) is 25.1 Å². The lowest BCUT2D eigenvalue weighted by molar-refractivity contribution is 0.101. The van der Waals surface area contributed by atoms with Crippen LogP contribution in [-0.2, 0) is 10.0 Å². The lowest BCUT2D eigenvalue weighted by Gasteiger charge is -2.16. The Balaban J connectivity index is 2.30. The predicted molar refractivity (Wildman–Crippen MR) is 91.6 cm³/mol. The molecular weight excluding hydrogens is 357 g/mol. The Morgan fingerprint density at radius 2 is 1.83 bits per heavy atom. The summed E-state index contributed by atoms with van der Waals surface area (Å²) >= 11 is 11.9. The summed E-state index contributed by atoms with van der Waals surface area (Å²) in [7, 11) is -3.78. The number of halogens is 2. The van der Waals surface area contributed by atoms with Gasteiger partial charge in [0, 0.05) is 21.7 Å². The van der Waals surface area contributed by atoms with E-state index in [1.54, 1.807) is 31.2 Å². The minimum absolute atomic E-state index is 0.0298. The summed E-state index contributed by atoms with van der Waals surface area (Å²) in [4.78, 5) is 11.4. The molecule has 0 fully saturated rings. The van der Waals surface area contributed by atoms with Crippen LogP contribution in [0.25, 0.3) is 0 Å². The van der Waals surface area contributed by atoms with E-state index in [0.29, 0.717) is 21.2 Å². The monoisotopic (exact) mass is 371 g/mol. The van der Waals surface area contributed by atoms with Crippen molar-refractivity contribution < 1.29 is 13.2 Å². The highest BCUT2D eigenvalue weighted by atomic mass is 35.5. The van der Waals surface area contributed by atoms with Crippen molar-refractivity contribution in [1.29, 1.82) is 0 Å². The first kappa shape index (κ1) is 17.9. The van der Waals surface area contributed by atoms with E-state index < -0.39 is 16.1 Å².